The Bertz CT molecular complexity index is 1440. The third-order valence-electron chi connectivity index (χ3n) is 15.0. The van der Waals surface area contributed by atoms with Crippen LogP contribution in [0.1, 0.15) is 112 Å². The summed E-state index contributed by atoms with van der Waals surface area (Å²) in [4.78, 5) is 26.5. The first kappa shape index (κ1) is 33.3. The van der Waals surface area contributed by atoms with Crippen LogP contribution in [0.4, 0.5) is 0 Å². The van der Waals surface area contributed by atoms with Crippen LogP contribution < -0.4 is 4.74 Å². The van der Waals surface area contributed by atoms with E-state index in [1.54, 1.807) is 13.2 Å². The zero-order valence-electron chi connectivity index (χ0n) is 29.3. The number of hydrogen-bond donors (Lipinski definition) is 2. The summed E-state index contributed by atoms with van der Waals surface area (Å²) in [6.07, 6.45) is 12.5. The lowest BCUT2D eigenvalue weighted by atomic mass is 9.33. The topological polar surface area (TPSA) is 93.1 Å². The summed E-state index contributed by atoms with van der Waals surface area (Å²) in [5.41, 5.74) is 0.903. The number of esters is 1. The molecule has 0 heterocycles. The van der Waals surface area contributed by atoms with Crippen molar-refractivity contribution in [2.45, 2.75) is 118 Å². The van der Waals surface area contributed by atoms with Crippen molar-refractivity contribution in [2.24, 2.45) is 50.2 Å². The molecule has 0 amide bonds. The number of fused-ring (bicyclic) bond motifs is 7. The second-order valence-electron chi connectivity index (χ2n) is 17.6. The van der Waals surface area contributed by atoms with E-state index < -0.39 is 23.5 Å². The quantitative estimate of drug-likeness (QED) is 0.192. The highest BCUT2D eigenvalue weighted by Crippen LogP contribution is 2.75. The first-order valence-corrected chi connectivity index (χ1v) is 17.6. The van der Waals surface area contributed by atoms with Gasteiger partial charge in [0, 0.05) is 17.9 Å². The zero-order valence-corrected chi connectivity index (χ0v) is 29.3. The van der Waals surface area contributed by atoms with Gasteiger partial charge in [-0.15, -0.1) is 0 Å². The number of aliphatic hydroxyl groups excluding tert-OH is 1. The molecule has 5 aliphatic rings. The molecule has 2 N–H and O–H groups in total. The van der Waals surface area contributed by atoms with Crippen molar-refractivity contribution in [3.8, 4) is 5.75 Å². The first-order chi connectivity index (χ1) is 21.4. The SMILES string of the molecule is COc1ccc(C=CC(=O)O[C@H]2C[C@]3(C(=O)O)CC[C@]4(C)C(=CC[C@@H]5[C@@]6(C)CC[C@H](O)C(C)(C)[C@H]6CC[C@]54C)[C@@H]3CC2(C)C)cc1. The Kier molecular flexibility index (Phi) is 7.94. The van der Waals surface area contributed by atoms with Gasteiger partial charge < -0.3 is 19.7 Å². The van der Waals surface area contributed by atoms with Crippen molar-refractivity contribution in [3.05, 3.63) is 47.6 Å². The molecular formula is C40H56O6. The van der Waals surface area contributed by atoms with Gasteiger partial charge in [-0.25, -0.2) is 4.79 Å². The number of rotatable bonds is 5. The van der Waals surface area contributed by atoms with E-state index in [4.69, 9.17) is 9.47 Å². The molecule has 6 rings (SSSR count). The summed E-state index contributed by atoms with van der Waals surface area (Å²) in [5, 5.41) is 22.0. The third kappa shape index (κ3) is 4.74. The summed E-state index contributed by atoms with van der Waals surface area (Å²) in [6.45, 7) is 16.3. The van der Waals surface area contributed by atoms with Gasteiger partial charge in [0.1, 0.15) is 11.9 Å². The summed E-state index contributed by atoms with van der Waals surface area (Å²) in [5.74, 6) is 0.446. The molecule has 0 bridgehead atoms. The van der Waals surface area contributed by atoms with E-state index in [0.717, 1.165) is 49.8 Å². The largest absolute Gasteiger partial charge is 0.497 e. The molecule has 0 aromatic heterocycles. The normalized spacial score (nSPS) is 42.5. The first-order valence-electron chi connectivity index (χ1n) is 17.6. The van der Waals surface area contributed by atoms with Crippen molar-refractivity contribution in [1.82, 2.24) is 0 Å². The fourth-order valence-corrected chi connectivity index (χ4v) is 11.8. The van der Waals surface area contributed by atoms with Gasteiger partial charge in [0.25, 0.3) is 0 Å². The number of benzene rings is 1. The van der Waals surface area contributed by atoms with Gasteiger partial charge in [0.2, 0.25) is 0 Å². The molecule has 0 unspecified atom stereocenters. The maximum atomic E-state index is 13.4. The van der Waals surface area contributed by atoms with Crippen LogP contribution in [0.2, 0.25) is 0 Å². The summed E-state index contributed by atoms with van der Waals surface area (Å²) in [7, 11) is 1.62. The molecule has 46 heavy (non-hydrogen) atoms. The van der Waals surface area contributed by atoms with Crippen molar-refractivity contribution >= 4 is 18.0 Å². The number of allylic oxidation sites excluding steroid dienone is 2. The highest BCUT2D eigenvalue weighted by Gasteiger charge is 2.70. The molecule has 1 aromatic carbocycles. The predicted octanol–water partition coefficient (Wildman–Crippen LogP) is 8.48. The number of carbonyl (C=O) groups excluding carboxylic acids is 1. The maximum absolute atomic E-state index is 13.4. The molecule has 0 radical (unpaired) electrons. The lowest BCUT2D eigenvalue weighted by Gasteiger charge is -2.71. The van der Waals surface area contributed by atoms with Gasteiger partial charge in [-0.3, -0.25) is 4.79 Å². The van der Waals surface area contributed by atoms with Gasteiger partial charge in [0.05, 0.1) is 18.6 Å². The lowest BCUT2D eigenvalue weighted by Crippen LogP contribution is -2.65. The third-order valence-corrected chi connectivity index (χ3v) is 15.0. The number of aliphatic carboxylic acids is 1. The van der Waals surface area contributed by atoms with Crippen LogP contribution in [0.15, 0.2) is 42.0 Å². The van der Waals surface area contributed by atoms with Crippen LogP contribution in [-0.2, 0) is 14.3 Å². The van der Waals surface area contributed by atoms with Crippen LogP contribution in [0.3, 0.4) is 0 Å². The number of carboxylic acid groups (broad SMARTS) is 1. The molecule has 1 aromatic rings. The fourth-order valence-electron chi connectivity index (χ4n) is 11.8. The van der Waals surface area contributed by atoms with Crippen LogP contribution in [0, 0.1) is 50.2 Å². The standard InChI is InChI=1S/C40H56O6/c1-35(2)23-28-27-14-15-30-37(5)19-18-31(41)36(3,4)29(37)17-20-39(30,7)38(27,6)21-22-40(28,34(43)44)24-32(35)46-33(42)16-11-25-9-12-26(45-8)13-10-25/h9-14,16,28-32,41H,15,17-24H2,1-8H3,(H,43,44)/t28-,29+,30+,31-,32-,37-,38+,39+,40+/m0/s1. The highest BCUT2D eigenvalue weighted by molar-refractivity contribution is 5.87. The highest BCUT2D eigenvalue weighted by atomic mass is 16.5. The molecule has 0 saturated heterocycles. The van der Waals surface area contributed by atoms with Crippen LogP contribution >= 0.6 is 0 Å². The smallest absolute Gasteiger partial charge is 0.331 e. The Morgan fingerprint density at radius 1 is 0.891 bits per heavy atom. The lowest BCUT2D eigenvalue weighted by molar-refractivity contribution is -0.210. The molecule has 4 saturated carbocycles. The van der Waals surface area contributed by atoms with Gasteiger partial charge in [0.15, 0.2) is 0 Å². The van der Waals surface area contributed by atoms with E-state index in [0.29, 0.717) is 31.1 Å². The number of methoxy groups -OCH3 is 1. The molecule has 0 aliphatic heterocycles. The number of carboxylic acids is 1. The number of carbonyl (C=O) groups is 2. The van der Waals surface area contributed by atoms with E-state index >= 15 is 0 Å². The molecule has 6 nitrogen and oxygen atoms in total. The minimum Gasteiger partial charge on any atom is -0.497 e. The van der Waals surface area contributed by atoms with E-state index in [1.807, 2.05) is 24.3 Å². The minimum atomic E-state index is -0.952. The van der Waals surface area contributed by atoms with E-state index in [-0.39, 0.29) is 39.1 Å². The van der Waals surface area contributed by atoms with E-state index in [9.17, 15) is 19.8 Å². The molecular weight excluding hydrogens is 576 g/mol. The molecule has 0 spiro atoms. The van der Waals surface area contributed by atoms with Gasteiger partial charge in [-0.05, 0) is 115 Å². The van der Waals surface area contributed by atoms with E-state index in [1.165, 1.54) is 11.6 Å². The number of aliphatic hydroxyl groups is 1. The average Bonchev–Trinajstić information content (AvgIpc) is 2.99. The summed E-state index contributed by atoms with van der Waals surface area (Å²) < 4.78 is 11.3. The Hall–Kier alpha value is -2.60. The van der Waals surface area contributed by atoms with Crippen molar-refractivity contribution < 1.29 is 29.3 Å². The monoisotopic (exact) mass is 632 g/mol. The molecule has 4 fully saturated rings. The second kappa shape index (κ2) is 11.0. The molecule has 9 atom stereocenters. The van der Waals surface area contributed by atoms with Crippen LogP contribution in [-0.4, -0.2) is 41.5 Å². The van der Waals surface area contributed by atoms with Gasteiger partial charge >= 0.3 is 11.9 Å². The second-order valence-corrected chi connectivity index (χ2v) is 17.6. The maximum Gasteiger partial charge on any atom is 0.331 e. The Morgan fingerprint density at radius 2 is 1.59 bits per heavy atom. The molecule has 252 valence electrons. The Morgan fingerprint density at radius 3 is 2.24 bits per heavy atom. The molecule has 5 aliphatic carbocycles. The fraction of sp³-hybridized carbons (Fsp3) is 0.700. The summed E-state index contributed by atoms with van der Waals surface area (Å²) >= 11 is 0. The number of ether oxygens (including phenoxy) is 2. The molecule has 6 heteroatoms. The Balaban J connectivity index is 1.28. The van der Waals surface area contributed by atoms with Crippen molar-refractivity contribution in [2.75, 3.05) is 7.11 Å². The predicted molar refractivity (Wildman–Crippen MR) is 180 cm³/mol. The number of hydrogen-bond acceptors (Lipinski definition) is 5. The van der Waals surface area contributed by atoms with Crippen molar-refractivity contribution in [3.63, 3.8) is 0 Å². The summed E-state index contributed by atoms with van der Waals surface area (Å²) in [6, 6.07) is 7.45. The van der Waals surface area contributed by atoms with Crippen molar-refractivity contribution in [1.29, 1.82) is 0 Å². The van der Waals surface area contributed by atoms with E-state index in [2.05, 4.69) is 54.5 Å². The average molecular weight is 633 g/mol. The van der Waals surface area contributed by atoms with Gasteiger partial charge in [-0.1, -0.05) is 72.2 Å². The minimum absolute atomic E-state index is 0.0606. The Labute approximate surface area is 276 Å². The van der Waals surface area contributed by atoms with Gasteiger partial charge in [-0.2, -0.15) is 0 Å². The van der Waals surface area contributed by atoms with Crippen LogP contribution in [0.25, 0.3) is 6.08 Å². The zero-order chi connectivity index (χ0) is 33.5. The van der Waals surface area contributed by atoms with Crippen LogP contribution in [0.5, 0.6) is 5.75 Å².